The van der Waals surface area contributed by atoms with Gasteiger partial charge in [-0.1, -0.05) is 45.0 Å². The van der Waals surface area contributed by atoms with Gasteiger partial charge in [0.1, 0.15) is 17.6 Å². The lowest BCUT2D eigenvalue weighted by Crippen LogP contribution is -2.58. The van der Waals surface area contributed by atoms with Gasteiger partial charge in [0.05, 0.1) is 25.6 Å². The first-order valence-electron chi connectivity index (χ1n) is 11.3. The Hall–Kier alpha value is -4.85. The van der Waals surface area contributed by atoms with Gasteiger partial charge >= 0.3 is 12.1 Å². The van der Waals surface area contributed by atoms with Crippen LogP contribution >= 0.6 is 0 Å². The second-order valence-corrected chi connectivity index (χ2v) is 9.08. The van der Waals surface area contributed by atoms with Crippen LogP contribution in [0.25, 0.3) is 0 Å². The highest BCUT2D eigenvalue weighted by molar-refractivity contribution is 6.09. The molecule has 0 aliphatic rings. The third-order valence-corrected chi connectivity index (χ3v) is 5.10. The fourth-order valence-electron chi connectivity index (χ4n) is 3.63. The highest BCUT2D eigenvalue weighted by Gasteiger charge is 2.37. The number of imide groups is 1. The third-order valence-electron chi connectivity index (χ3n) is 5.10. The number of carbonyl (C=O) groups is 2. The van der Waals surface area contributed by atoms with Crippen LogP contribution in [-0.4, -0.2) is 47.8 Å². The maximum Gasteiger partial charge on any atom is 0.357 e. The Morgan fingerprint density at radius 1 is 0.973 bits per heavy atom. The normalized spacial score (nSPS) is 10.7. The number of hydrogen-bond donors (Lipinski definition) is 1. The molecule has 0 atom stereocenters. The van der Waals surface area contributed by atoms with Crippen molar-refractivity contribution in [2.45, 2.75) is 20.8 Å². The van der Waals surface area contributed by atoms with Crippen LogP contribution in [0.1, 0.15) is 26.6 Å². The molecule has 11 heteroatoms. The van der Waals surface area contributed by atoms with Gasteiger partial charge in [-0.3, -0.25) is 9.91 Å². The number of carbonyl (C=O) groups excluding carboxylic acids is 2. The number of hydrogen-bond acceptors (Lipinski definition) is 8. The molecule has 11 nitrogen and oxygen atoms in total. The van der Waals surface area contributed by atoms with Crippen molar-refractivity contribution < 1.29 is 19.1 Å². The van der Waals surface area contributed by atoms with Crippen LogP contribution in [0, 0.1) is 16.7 Å². The Kier molecular flexibility index (Phi) is 8.14. The number of aromatic nitrogens is 2. The number of methoxy groups -OCH3 is 2. The summed E-state index contributed by atoms with van der Waals surface area (Å²) in [5.41, 5.74) is 6.10. The first kappa shape index (κ1) is 26.7. The summed E-state index contributed by atoms with van der Waals surface area (Å²) in [6.45, 7) is 5.92. The average Bonchev–Trinajstić information content (AvgIpc) is 2.88. The molecule has 4 amide bonds. The number of primary amides is 1. The van der Waals surface area contributed by atoms with Gasteiger partial charge in [0.25, 0.3) is 0 Å². The van der Waals surface area contributed by atoms with Crippen molar-refractivity contribution in [2.24, 2.45) is 11.1 Å². The number of urea groups is 2. The molecule has 3 aromatic rings. The van der Waals surface area contributed by atoms with E-state index in [9.17, 15) is 14.9 Å². The Balaban J connectivity index is 2.27. The van der Waals surface area contributed by atoms with E-state index in [2.05, 4.69) is 9.97 Å². The highest BCUT2D eigenvalue weighted by atomic mass is 16.5. The van der Waals surface area contributed by atoms with Gasteiger partial charge in [-0.25, -0.2) is 14.6 Å². The zero-order chi connectivity index (χ0) is 27.2. The highest BCUT2D eigenvalue weighted by Crippen LogP contribution is 2.39. The summed E-state index contributed by atoms with van der Waals surface area (Å²) >= 11 is 0. The maximum atomic E-state index is 14.4. The summed E-state index contributed by atoms with van der Waals surface area (Å²) in [6.07, 6.45) is 1.37. The number of nitrogens with zero attached hydrogens (tertiary/aromatic N) is 6. The van der Waals surface area contributed by atoms with E-state index in [0.717, 1.165) is 5.01 Å². The van der Waals surface area contributed by atoms with E-state index < -0.39 is 17.5 Å². The van der Waals surface area contributed by atoms with Crippen LogP contribution in [0.2, 0.25) is 0 Å². The van der Waals surface area contributed by atoms with Gasteiger partial charge in [-0.15, -0.1) is 5.01 Å². The Bertz CT molecular complexity index is 1270. The molecule has 0 unspecified atom stereocenters. The van der Waals surface area contributed by atoms with E-state index in [1.54, 1.807) is 48.5 Å². The molecule has 0 bridgehead atoms. The molecule has 192 valence electrons. The number of ether oxygens (including phenoxy) is 2. The molecule has 2 aromatic carbocycles. The summed E-state index contributed by atoms with van der Waals surface area (Å²) in [4.78, 5) is 36.7. The Morgan fingerprint density at radius 3 is 1.97 bits per heavy atom. The number of rotatable bonds is 7. The van der Waals surface area contributed by atoms with Crippen molar-refractivity contribution in [1.82, 2.24) is 15.0 Å². The van der Waals surface area contributed by atoms with Crippen molar-refractivity contribution in [3.05, 3.63) is 66.6 Å². The molecule has 3 rings (SSSR count). The second-order valence-electron chi connectivity index (χ2n) is 9.08. The van der Waals surface area contributed by atoms with Crippen molar-refractivity contribution in [3.63, 3.8) is 0 Å². The first-order valence-corrected chi connectivity index (χ1v) is 11.3. The molecule has 0 aliphatic heterocycles. The standard InChI is InChI=1S/C26H29N7O4/c1-26(2,3)17-31(23-14-15-29-22(16-27)30-23)33(24(28)34)25(35)32(18-10-6-8-12-20(18)36-4)19-11-7-9-13-21(19)37-5/h6-15H,17H2,1-5H3,(H2,28,34). The van der Waals surface area contributed by atoms with Crippen molar-refractivity contribution in [1.29, 1.82) is 5.26 Å². The van der Waals surface area contributed by atoms with E-state index >= 15 is 0 Å². The van der Waals surface area contributed by atoms with Gasteiger partial charge < -0.3 is 15.2 Å². The molecule has 0 saturated carbocycles. The fraction of sp³-hybridized carbons (Fsp3) is 0.269. The lowest BCUT2D eigenvalue weighted by molar-refractivity contribution is 0.186. The zero-order valence-electron chi connectivity index (χ0n) is 21.4. The molecule has 0 aliphatic carbocycles. The number of para-hydroxylation sites is 4. The molecular weight excluding hydrogens is 474 g/mol. The minimum absolute atomic E-state index is 0.125. The number of nitriles is 1. The van der Waals surface area contributed by atoms with Gasteiger partial charge in [-0.2, -0.15) is 10.2 Å². The van der Waals surface area contributed by atoms with E-state index in [1.807, 2.05) is 26.8 Å². The topological polar surface area (TPSA) is 138 Å². The van der Waals surface area contributed by atoms with E-state index in [1.165, 1.54) is 36.4 Å². The van der Waals surface area contributed by atoms with E-state index in [4.69, 9.17) is 15.2 Å². The molecule has 0 spiro atoms. The number of hydrazine groups is 1. The molecule has 0 saturated heterocycles. The lowest BCUT2D eigenvalue weighted by Gasteiger charge is -2.39. The van der Waals surface area contributed by atoms with Crippen molar-refractivity contribution in [3.8, 4) is 17.6 Å². The first-order chi connectivity index (χ1) is 17.6. The predicted molar refractivity (Wildman–Crippen MR) is 138 cm³/mol. The van der Waals surface area contributed by atoms with Crippen molar-refractivity contribution in [2.75, 3.05) is 30.7 Å². The zero-order valence-corrected chi connectivity index (χ0v) is 21.4. The predicted octanol–water partition coefficient (Wildman–Crippen LogP) is 4.47. The molecule has 2 N–H and O–H groups in total. The monoisotopic (exact) mass is 503 g/mol. The second kappa shape index (κ2) is 11.3. The van der Waals surface area contributed by atoms with Crippen LogP contribution in [-0.2, 0) is 0 Å². The minimum Gasteiger partial charge on any atom is -0.495 e. The smallest absolute Gasteiger partial charge is 0.357 e. The third kappa shape index (κ3) is 6.05. The molecule has 1 heterocycles. The van der Waals surface area contributed by atoms with Gasteiger partial charge in [-0.05, 0) is 29.7 Å². The number of nitrogens with two attached hydrogens (primary N) is 1. The van der Waals surface area contributed by atoms with Crippen LogP contribution in [0.4, 0.5) is 26.8 Å². The lowest BCUT2D eigenvalue weighted by atomic mass is 9.96. The largest absolute Gasteiger partial charge is 0.495 e. The molecule has 1 aromatic heterocycles. The number of anilines is 3. The molecular formula is C26H29N7O4. The van der Waals surface area contributed by atoms with Crippen LogP contribution in [0.15, 0.2) is 60.8 Å². The van der Waals surface area contributed by atoms with Gasteiger partial charge in [0.2, 0.25) is 5.82 Å². The minimum atomic E-state index is -1.05. The van der Waals surface area contributed by atoms with E-state index in [0.29, 0.717) is 22.9 Å². The summed E-state index contributed by atoms with van der Waals surface area (Å²) < 4.78 is 11.1. The van der Waals surface area contributed by atoms with Crippen LogP contribution in [0.3, 0.4) is 0 Å². The quantitative estimate of drug-likeness (QED) is 0.466. The maximum absolute atomic E-state index is 14.4. The van der Waals surface area contributed by atoms with Gasteiger partial charge in [0, 0.05) is 18.8 Å². The van der Waals surface area contributed by atoms with Gasteiger partial charge in [0.15, 0.2) is 5.82 Å². The molecule has 0 radical (unpaired) electrons. The summed E-state index contributed by atoms with van der Waals surface area (Å²) in [5, 5.41) is 11.5. The number of amides is 4. The molecule has 0 fully saturated rings. The van der Waals surface area contributed by atoms with Crippen LogP contribution < -0.4 is 25.1 Å². The summed E-state index contributed by atoms with van der Waals surface area (Å²) in [7, 11) is 2.96. The van der Waals surface area contributed by atoms with E-state index in [-0.39, 0.29) is 18.2 Å². The van der Waals surface area contributed by atoms with Crippen LogP contribution in [0.5, 0.6) is 11.5 Å². The summed E-state index contributed by atoms with van der Waals surface area (Å²) in [6, 6.07) is 15.2. The Labute approximate surface area is 215 Å². The number of benzene rings is 2. The average molecular weight is 504 g/mol. The Morgan fingerprint density at radius 2 is 1.51 bits per heavy atom. The SMILES string of the molecule is COc1ccccc1N(C(=O)N(C(N)=O)N(CC(C)(C)C)c1ccnc(C#N)n1)c1ccccc1OC. The van der Waals surface area contributed by atoms with Crippen molar-refractivity contribution >= 4 is 29.3 Å². The fourth-order valence-corrected chi connectivity index (χ4v) is 3.63. The summed E-state index contributed by atoms with van der Waals surface area (Å²) in [5.74, 6) is 0.776. The molecule has 37 heavy (non-hydrogen) atoms.